The number of halogens is 1. The highest BCUT2D eigenvalue weighted by molar-refractivity contribution is 5.94. The Morgan fingerprint density at radius 3 is 2.89 bits per heavy atom. The summed E-state index contributed by atoms with van der Waals surface area (Å²) in [6.07, 6.45) is 5.73. The predicted molar refractivity (Wildman–Crippen MR) is 72.3 cm³/mol. The lowest BCUT2D eigenvalue weighted by Gasteiger charge is -2.21. The van der Waals surface area contributed by atoms with Gasteiger partial charge in [-0.15, -0.1) is 0 Å². The van der Waals surface area contributed by atoms with Crippen LogP contribution in [0.15, 0.2) is 18.5 Å². The summed E-state index contributed by atoms with van der Waals surface area (Å²) < 4.78 is 13.6. The average molecular weight is 264 g/mol. The normalized spacial score (nSPS) is 20.4. The van der Waals surface area contributed by atoms with Crippen LogP contribution >= 0.6 is 0 Å². The van der Waals surface area contributed by atoms with Gasteiger partial charge in [-0.25, -0.2) is 4.39 Å². The number of carbonyl (C=O) groups is 1. The van der Waals surface area contributed by atoms with Crippen LogP contribution in [0.25, 0.3) is 0 Å². The number of hydrogen-bond donors (Lipinski definition) is 0. The topological polar surface area (TPSA) is 33.2 Å². The molecule has 0 aromatic carbocycles. The van der Waals surface area contributed by atoms with Gasteiger partial charge in [0, 0.05) is 19.3 Å². The summed E-state index contributed by atoms with van der Waals surface area (Å²) in [5, 5.41) is 0. The van der Waals surface area contributed by atoms with Crippen molar-refractivity contribution in [3.8, 4) is 0 Å². The number of rotatable bonds is 2. The molecule has 1 unspecified atom stereocenters. The number of aromatic nitrogens is 1. The third-order valence-corrected chi connectivity index (χ3v) is 4.01. The van der Waals surface area contributed by atoms with Gasteiger partial charge in [0.05, 0.1) is 11.8 Å². The Morgan fingerprint density at radius 1 is 1.42 bits per heavy atom. The molecular weight excluding hydrogens is 243 g/mol. The quantitative estimate of drug-likeness (QED) is 0.822. The van der Waals surface area contributed by atoms with Crippen LogP contribution in [-0.2, 0) is 0 Å². The van der Waals surface area contributed by atoms with Crippen molar-refractivity contribution in [1.29, 1.82) is 0 Å². The second-order valence-corrected chi connectivity index (χ2v) is 5.58. The molecule has 0 spiro atoms. The smallest absolute Gasteiger partial charge is 0.256 e. The summed E-state index contributed by atoms with van der Waals surface area (Å²) in [6, 6.07) is 1.46. The first-order chi connectivity index (χ1) is 9.09. The molecule has 0 bridgehead atoms. The van der Waals surface area contributed by atoms with Crippen molar-refractivity contribution in [3.63, 3.8) is 0 Å². The third-order valence-electron chi connectivity index (χ3n) is 4.01. The molecule has 1 aliphatic rings. The van der Waals surface area contributed by atoms with Gasteiger partial charge in [0.1, 0.15) is 0 Å². The molecule has 2 heterocycles. The van der Waals surface area contributed by atoms with Crippen molar-refractivity contribution in [3.05, 3.63) is 29.8 Å². The molecule has 0 aliphatic carbocycles. The zero-order chi connectivity index (χ0) is 13.8. The van der Waals surface area contributed by atoms with Crippen LogP contribution in [0.2, 0.25) is 0 Å². The fourth-order valence-corrected chi connectivity index (χ4v) is 2.71. The lowest BCUT2D eigenvalue weighted by atomic mass is 9.89. The maximum absolute atomic E-state index is 13.6. The first-order valence-electron chi connectivity index (χ1n) is 6.98. The Bertz CT molecular complexity index is 448. The van der Waals surface area contributed by atoms with E-state index < -0.39 is 5.82 Å². The van der Waals surface area contributed by atoms with E-state index in [1.807, 2.05) is 0 Å². The van der Waals surface area contributed by atoms with E-state index in [1.165, 1.54) is 12.3 Å². The minimum Gasteiger partial charge on any atom is -0.339 e. The van der Waals surface area contributed by atoms with E-state index in [9.17, 15) is 9.18 Å². The van der Waals surface area contributed by atoms with E-state index in [0.29, 0.717) is 11.8 Å². The third kappa shape index (κ3) is 3.31. The molecule has 3 nitrogen and oxygen atoms in total. The number of likely N-dealkylation sites (tertiary alicyclic amines) is 1. The summed E-state index contributed by atoms with van der Waals surface area (Å²) in [5.41, 5.74) is 0.137. The minimum atomic E-state index is -0.530. The summed E-state index contributed by atoms with van der Waals surface area (Å²) in [4.78, 5) is 17.8. The van der Waals surface area contributed by atoms with Gasteiger partial charge in [0.15, 0.2) is 5.82 Å². The number of hydrogen-bond acceptors (Lipinski definition) is 2. The van der Waals surface area contributed by atoms with Crippen molar-refractivity contribution in [1.82, 2.24) is 9.88 Å². The molecule has 1 fully saturated rings. The lowest BCUT2D eigenvalue weighted by molar-refractivity contribution is 0.0754. The van der Waals surface area contributed by atoms with Gasteiger partial charge in [-0.2, -0.15) is 0 Å². The number of amides is 1. The molecule has 1 aromatic heterocycles. The fraction of sp³-hybridized carbons (Fsp3) is 0.600. The molecule has 1 amide bonds. The zero-order valence-corrected chi connectivity index (χ0v) is 11.6. The largest absolute Gasteiger partial charge is 0.339 e. The molecule has 1 aliphatic heterocycles. The van der Waals surface area contributed by atoms with Crippen LogP contribution in [-0.4, -0.2) is 28.9 Å². The van der Waals surface area contributed by atoms with Crippen LogP contribution < -0.4 is 0 Å². The second-order valence-electron chi connectivity index (χ2n) is 5.58. The maximum Gasteiger partial charge on any atom is 0.256 e. The van der Waals surface area contributed by atoms with E-state index in [-0.39, 0.29) is 11.5 Å². The molecule has 4 heteroatoms. The SMILES string of the molecule is CC(C)C1CCCN(C(=O)c2ccncc2F)CC1. The Labute approximate surface area is 113 Å². The lowest BCUT2D eigenvalue weighted by Crippen LogP contribution is -2.32. The van der Waals surface area contributed by atoms with Crippen molar-refractivity contribution < 1.29 is 9.18 Å². The molecule has 1 atom stereocenters. The predicted octanol–water partition coefficient (Wildman–Crippen LogP) is 3.12. The zero-order valence-electron chi connectivity index (χ0n) is 11.6. The Morgan fingerprint density at radius 2 is 2.21 bits per heavy atom. The van der Waals surface area contributed by atoms with Crippen molar-refractivity contribution >= 4 is 5.91 Å². The van der Waals surface area contributed by atoms with E-state index >= 15 is 0 Å². The van der Waals surface area contributed by atoms with E-state index in [0.717, 1.165) is 38.5 Å². The number of nitrogens with zero attached hydrogens (tertiary/aromatic N) is 2. The molecule has 1 saturated heterocycles. The Kier molecular flexibility index (Phi) is 4.51. The summed E-state index contributed by atoms with van der Waals surface area (Å²) >= 11 is 0. The molecule has 0 radical (unpaired) electrons. The molecule has 1 aromatic rings. The van der Waals surface area contributed by atoms with Gasteiger partial charge in [-0.05, 0) is 37.2 Å². The molecule has 19 heavy (non-hydrogen) atoms. The number of pyridine rings is 1. The standard InChI is InChI=1S/C15H21FN2O/c1-11(2)12-4-3-8-18(9-6-12)15(19)13-5-7-17-10-14(13)16/h5,7,10-12H,3-4,6,8-9H2,1-2H3. The minimum absolute atomic E-state index is 0.137. The van der Waals surface area contributed by atoms with Gasteiger partial charge in [0.2, 0.25) is 0 Å². The molecule has 0 N–H and O–H groups in total. The van der Waals surface area contributed by atoms with E-state index in [4.69, 9.17) is 0 Å². The van der Waals surface area contributed by atoms with Crippen LogP contribution in [0.5, 0.6) is 0 Å². The first-order valence-corrected chi connectivity index (χ1v) is 6.98. The molecule has 104 valence electrons. The van der Waals surface area contributed by atoms with Gasteiger partial charge >= 0.3 is 0 Å². The number of carbonyl (C=O) groups excluding carboxylic acids is 1. The highest BCUT2D eigenvalue weighted by Gasteiger charge is 2.24. The first kappa shape index (κ1) is 14.0. The molecular formula is C15H21FN2O. The van der Waals surface area contributed by atoms with Crippen molar-refractivity contribution in [2.24, 2.45) is 11.8 Å². The van der Waals surface area contributed by atoms with Gasteiger partial charge in [0.25, 0.3) is 5.91 Å². The Balaban J connectivity index is 2.06. The average Bonchev–Trinajstić information content (AvgIpc) is 2.64. The highest BCUT2D eigenvalue weighted by atomic mass is 19.1. The van der Waals surface area contributed by atoms with E-state index in [1.54, 1.807) is 4.90 Å². The molecule has 0 saturated carbocycles. The van der Waals surface area contributed by atoms with Crippen molar-refractivity contribution in [2.45, 2.75) is 33.1 Å². The molecule has 2 rings (SSSR count). The van der Waals surface area contributed by atoms with Crippen LogP contribution in [0.4, 0.5) is 4.39 Å². The van der Waals surface area contributed by atoms with Gasteiger partial charge in [-0.1, -0.05) is 13.8 Å². The summed E-state index contributed by atoms with van der Waals surface area (Å²) in [5.74, 6) is 0.578. The summed E-state index contributed by atoms with van der Waals surface area (Å²) in [7, 11) is 0. The Hall–Kier alpha value is -1.45. The summed E-state index contributed by atoms with van der Waals surface area (Å²) in [6.45, 7) is 5.91. The van der Waals surface area contributed by atoms with Crippen LogP contribution in [0, 0.1) is 17.7 Å². The van der Waals surface area contributed by atoms with E-state index in [2.05, 4.69) is 18.8 Å². The van der Waals surface area contributed by atoms with Crippen LogP contribution in [0.1, 0.15) is 43.5 Å². The van der Waals surface area contributed by atoms with Crippen molar-refractivity contribution in [2.75, 3.05) is 13.1 Å². The fourth-order valence-electron chi connectivity index (χ4n) is 2.71. The highest BCUT2D eigenvalue weighted by Crippen LogP contribution is 2.25. The van der Waals surface area contributed by atoms with Gasteiger partial charge in [-0.3, -0.25) is 9.78 Å². The monoisotopic (exact) mass is 264 g/mol. The van der Waals surface area contributed by atoms with Gasteiger partial charge < -0.3 is 4.90 Å². The second kappa shape index (κ2) is 6.13. The van der Waals surface area contributed by atoms with Crippen LogP contribution in [0.3, 0.4) is 0 Å². The maximum atomic E-state index is 13.6.